The molecule has 1 atom stereocenters. The molecule has 0 bridgehead atoms. The summed E-state index contributed by atoms with van der Waals surface area (Å²) in [5, 5.41) is 3.02. The number of piperazine rings is 1. The highest BCUT2D eigenvalue weighted by Gasteiger charge is 2.21. The third-order valence-electron chi connectivity index (χ3n) is 3.72. The Morgan fingerprint density at radius 3 is 2.65 bits per heavy atom. The van der Waals surface area contributed by atoms with Crippen molar-refractivity contribution in [3.05, 3.63) is 28.7 Å². The maximum Gasteiger partial charge on any atom is 0.317 e. The van der Waals surface area contributed by atoms with Crippen molar-refractivity contribution in [2.24, 2.45) is 0 Å². The molecule has 0 spiro atoms. The quantitative estimate of drug-likeness (QED) is 0.918. The van der Waals surface area contributed by atoms with Gasteiger partial charge in [0.25, 0.3) is 0 Å². The van der Waals surface area contributed by atoms with Crippen LogP contribution < -0.4 is 10.2 Å². The topological polar surface area (TPSA) is 35.6 Å². The molecule has 1 aromatic rings. The van der Waals surface area contributed by atoms with Crippen LogP contribution in [0.2, 0.25) is 0 Å². The van der Waals surface area contributed by atoms with Gasteiger partial charge in [0.15, 0.2) is 0 Å². The Morgan fingerprint density at radius 2 is 2.05 bits per heavy atom. The summed E-state index contributed by atoms with van der Waals surface area (Å²) in [6.45, 7) is 7.42. The Bertz CT molecular complexity index is 458. The van der Waals surface area contributed by atoms with Crippen LogP contribution in [0.1, 0.15) is 20.3 Å². The van der Waals surface area contributed by atoms with E-state index in [0.29, 0.717) is 0 Å². The molecule has 0 aliphatic carbocycles. The van der Waals surface area contributed by atoms with E-state index in [2.05, 4.69) is 45.2 Å². The lowest BCUT2D eigenvalue weighted by Gasteiger charge is -2.36. The largest absolute Gasteiger partial charge is 0.368 e. The molecule has 1 aromatic carbocycles. The van der Waals surface area contributed by atoms with Crippen molar-refractivity contribution in [3.8, 4) is 0 Å². The van der Waals surface area contributed by atoms with Crippen LogP contribution in [0.15, 0.2) is 28.7 Å². The zero-order valence-electron chi connectivity index (χ0n) is 12.1. The van der Waals surface area contributed by atoms with E-state index in [1.165, 1.54) is 5.69 Å². The van der Waals surface area contributed by atoms with Gasteiger partial charge in [0.2, 0.25) is 0 Å². The lowest BCUT2D eigenvalue weighted by atomic mass is 10.2. The second-order valence-corrected chi connectivity index (χ2v) is 6.13. The summed E-state index contributed by atoms with van der Waals surface area (Å²) in [5.41, 5.74) is 1.21. The van der Waals surface area contributed by atoms with E-state index >= 15 is 0 Å². The number of nitrogens with zero attached hydrogens (tertiary/aromatic N) is 2. The number of benzene rings is 1. The lowest BCUT2D eigenvalue weighted by molar-refractivity contribution is 0.191. The molecule has 0 saturated carbocycles. The van der Waals surface area contributed by atoms with Crippen molar-refractivity contribution in [1.82, 2.24) is 10.2 Å². The highest BCUT2D eigenvalue weighted by Crippen LogP contribution is 2.21. The summed E-state index contributed by atoms with van der Waals surface area (Å²) in [5.74, 6) is 0. The predicted octanol–water partition coefficient (Wildman–Crippen LogP) is 3.08. The summed E-state index contributed by atoms with van der Waals surface area (Å²) >= 11 is 3.50. The molecule has 4 nitrogen and oxygen atoms in total. The minimum Gasteiger partial charge on any atom is -0.368 e. The fourth-order valence-corrected chi connectivity index (χ4v) is 2.63. The fraction of sp³-hybridized carbons (Fsp3) is 0.533. The van der Waals surface area contributed by atoms with Gasteiger partial charge in [-0.15, -0.1) is 0 Å². The minimum atomic E-state index is 0.0632. The van der Waals surface area contributed by atoms with Gasteiger partial charge in [0.1, 0.15) is 0 Å². The van der Waals surface area contributed by atoms with Crippen LogP contribution in [0.3, 0.4) is 0 Å². The average molecular weight is 340 g/mol. The lowest BCUT2D eigenvalue weighted by Crippen LogP contribution is -2.53. The summed E-state index contributed by atoms with van der Waals surface area (Å²) in [4.78, 5) is 16.3. The average Bonchev–Trinajstić information content (AvgIpc) is 2.47. The Morgan fingerprint density at radius 1 is 1.35 bits per heavy atom. The molecule has 0 radical (unpaired) electrons. The molecule has 1 saturated heterocycles. The van der Waals surface area contributed by atoms with Gasteiger partial charge < -0.3 is 15.1 Å². The van der Waals surface area contributed by atoms with Gasteiger partial charge in [-0.3, -0.25) is 0 Å². The number of amides is 2. The number of nitrogens with one attached hydrogen (secondary N) is 1. The molecule has 2 rings (SSSR count). The monoisotopic (exact) mass is 339 g/mol. The van der Waals surface area contributed by atoms with E-state index in [1.807, 2.05) is 24.0 Å². The standard InChI is InChI=1S/C15H22BrN3O/c1-3-12(2)17-15(20)19-9-7-18(8-10-19)14-6-4-5-13(16)11-14/h4-6,11-12H,3,7-10H2,1-2H3,(H,17,20). The van der Waals surface area contributed by atoms with E-state index < -0.39 is 0 Å². The van der Waals surface area contributed by atoms with Crippen molar-refractivity contribution in [3.63, 3.8) is 0 Å². The fourth-order valence-electron chi connectivity index (χ4n) is 2.24. The summed E-state index contributed by atoms with van der Waals surface area (Å²) in [6, 6.07) is 8.61. The Labute approximate surface area is 129 Å². The van der Waals surface area contributed by atoms with Crippen LogP contribution in [-0.4, -0.2) is 43.2 Å². The van der Waals surface area contributed by atoms with E-state index in [0.717, 1.165) is 37.1 Å². The third kappa shape index (κ3) is 3.88. The first-order valence-electron chi connectivity index (χ1n) is 7.16. The van der Waals surface area contributed by atoms with Crippen LogP contribution in [0.5, 0.6) is 0 Å². The van der Waals surface area contributed by atoms with Crippen LogP contribution in [0.4, 0.5) is 10.5 Å². The molecule has 1 fully saturated rings. The summed E-state index contributed by atoms with van der Waals surface area (Å²) in [6.07, 6.45) is 0.962. The molecule has 110 valence electrons. The van der Waals surface area contributed by atoms with E-state index in [-0.39, 0.29) is 12.1 Å². The van der Waals surface area contributed by atoms with E-state index in [1.54, 1.807) is 0 Å². The van der Waals surface area contributed by atoms with Crippen LogP contribution in [0, 0.1) is 0 Å². The van der Waals surface area contributed by atoms with Gasteiger partial charge in [-0.1, -0.05) is 28.9 Å². The van der Waals surface area contributed by atoms with Crippen molar-refractivity contribution in [2.45, 2.75) is 26.3 Å². The second kappa shape index (κ2) is 6.97. The van der Waals surface area contributed by atoms with Gasteiger partial charge >= 0.3 is 6.03 Å². The first-order chi connectivity index (χ1) is 9.60. The van der Waals surface area contributed by atoms with Gasteiger partial charge in [-0.25, -0.2) is 4.79 Å². The highest BCUT2D eigenvalue weighted by atomic mass is 79.9. The van der Waals surface area contributed by atoms with Crippen molar-refractivity contribution < 1.29 is 4.79 Å². The van der Waals surface area contributed by atoms with Gasteiger partial charge in [-0.05, 0) is 31.5 Å². The van der Waals surface area contributed by atoms with Crippen molar-refractivity contribution >= 4 is 27.6 Å². The molecule has 1 unspecified atom stereocenters. The molecule has 1 aliphatic heterocycles. The Kier molecular flexibility index (Phi) is 5.29. The number of rotatable bonds is 3. The number of urea groups is 1. The first kappa shape index (κ1) is 15.2. The number of hydrogen-bond acceptors (Lipinski definition) is 2. The molecule has 5 heteroatoms. The zero-order valence-corrected chi connectivity index (χ0v) is 13.7. The maximum absolute atomic E-state index is 12.1. The number of anilines is 1. The molecule has 1 N–H and O–H groups in total. The number of carbonyl (C=O) groups is 1. The highest BCUT2D eigenvalue weighted by molar-refractivity contribution is 9.10. The normalized spacial score (nSPS) is 16.9. The Balaban J connectivity index is 1.87. The second-order valence-electron chi connectivity index (χ2n) is 5.21. The van der Waals surface area contributed by atoms with E-state index in [4.69, 9.17) is 0 Å². The molecular formula is C15H22BrN3O. The van der Waals surface area contributed by atoms with Gasteiger partial charge in [-0.2, -0.15) is 0 Å². The van der Waals surface area contributed by atoms with Crippen LogP contribution in [-0.2, 0) is 0 Å². The van der Waals surface area contributed by atoms with Crippen molar-refractivity contribution in [2.75, 3.05) is 31.1 Å². The van der Waals surface area contributed by atoms with Crippen molar-refractivity contribution in [1.29, 1.82) is 0 Å². The molecule has 2 amide bonds. The zero-order chi connectivity index (χ0) is 14.5. The smallest absolute Gasteiger partial charge is 0.317 e. The first-order valence-corrected chi connectivity index (χ1v) is 7.95. The summed E-state index contributed by atoms with van der Waals surface area (Å²) < 4.78 is 1.09. The maximum atomic E-state index is 12.1. The van der Waals surface area contributed by atoms with E-state index in [9.17, 15) is 4.79 Å². The third-order valence-corrected chi connectivity index (χ3v) is 4.22. The van der Waals surface area contributed by atoms with Crippen LogP contribution in [0.25, 0.3) is 0 Å². The van der Waals surface area contributed by atoms with Gasteiger partial charge in [0.05, 0.1) is 0 Å². The minimum absolute atomic E-state index is 0.0632. The summed E-state index contributed by atoms with van der Waals surface area (Å²) in [7, 11) is 0. The molecule has 0 aromatic heterocycles. The number of halogens is 1. The number of carbonyl (C=O) groups excluding carboxylic acids is 1. The van der Waals surface area contributed by atoms with Gasteiger partial charge in [0, 0.05) is 42.4 Å². The SMILES string of the molecule is CCC(C)NC(=O)N1CCN(c2cccc(Br)c2)CC1. The van der Waals surface area contributed by atoms with Crippen LogP contribution >= 0.6 is 15.9 Å². The molecule has 1 heterocycles. The predicted molar refractivity (Wildman–Crippen MR) is 86.2 cm³/mol. The molecule has 1 aliphatic rings. The Hall–Kier alpha value is -1.23. The number of hydrogen-bond donors (Lipinski definition) is 1. The molecular weight excluding hydrogens is 318 g/mol. The molecule has 20 heavy (non-hydrogen) atoms.